The molecule has 24 heavy (non-hydrogen) atoms. The van der Waals surface area contributed by atoms with Gasteiger partial charge >= 0.3 is 0 Å². The Morgan fingerprint density at radius 1 is 0.542 bits per heavy atom. The van der Waals surface area contributed by atoms with E-state index in [4.69, 9.17) is 0 Å². The van der Waals surface area contributed by atoms with Gasteiger partial charge in [0.25, 0.3) is 0 Å². The molecule has 0 radical (unpaired) electrons. The summed E-state index contributed by atoms with van der Waals surface area (Å²) in [5.41, 5.74) is 4.18. The second-order valence-electron chi connectivity index (χ2n) is 7.52. The molecule has 0 aliphatic carbocycles. The van der Waals surface area contributed by atoms with Crippen LogP contribution in [0.4, 0.5) is 0 Å². The zero-order chi connectivity index (χ0) is 16.7. The predicted molar refractivity (Wildman–Crippen MR) is 106 cm³/mol. The van der Waals surface area contributed by atoms with E-state index in [1.807, 2.05) is 0 Å². The van der Waals surface area contributed by atoms with Crippen LogP contribution in [0.15, 0.2) is 78.9 Å². The lowest BCUT2D eigenvalue weighted by atomic mass is 9.81. The van der Waals surface area contributed by atoms with Crippen LogP contribution >= 0.6 is 0 Å². The van der Waals surface area contributed by atoms with Crippen LogP contribution < -0.4 is 0 Å². The summed E-state index contributed by atoms with van der Waals surface area (Å²) >= 11 is 0. The van der Waals surface area contributed by atoms with Gasteiger partial charge in [-0.25, -0.2) is 0 Å². The summed E-state index contributed by atoms with van der Waals surface area (Å²) in [6, 6.07) is 28.7. The van der Waals surface area contributed by atoms with E-state index >= 15 is 0 Å². The van der Waals surface area contributed by atoms with Crippen molar-refractivity contribution >= 4 is 21.5 Å². The van der Waals surface area contributed by atoms with Gasteiger partial charge in [-0.1, -0.05) is 87.5 Å². The Morgan fingerprint density at radius 3 is 1.88 bits per heavy atom. The first kappa shape index (κ1) is 15.0. The lowest BCUT2D eigenvalue weighted by Gasteiger charge is -2.23. The third kappa shape index (κ3) is 2.49. The van der Waals surface area contributed by atoms with Crippen LogP contribution in [0, 0.1) is 0 Å². The molecule has 0 aliphatic heterocycles. The molecule has 4 aromatic rings. The molecule has 118 valence electrons. The molecule has 0 amide bonds. The van der Waals surface area contributed by atoms with Crippen molar-refractivity contribution in [2.75, 3.05) is 0 Å². The van der Waals surface area contributed by atoms with Crippen LogP contribution in [0.2, 0.25) is 0 Å². The highest BCUT2D eigenvalue weighted by molar-refractivity contribution is 6.05. The molecule has 4 aromatic carbocycles. The molecular weight excluding hydrogens is 288 g/mol. The van der Waals surface area contributed by atoms with Crippen LogP contribution in [-0.4, -0.2) is 0 Å². The van der Waals surface area contributed by atoms with Crippen molar-refractivity contribution in [2.45, 2.75) is 26.2 Å². The van der Waals surface area contributed by atoms with Gasteiger partial charge in [0.2, 0.25) is 0 Å². The van der Waals surface area contributed by atoms with Crippen molar-refractivity contribution in [2.24, 2.45) is 0 Å². The van der Waals surface area contributed by atoms with Gasteiger partial charge in [0, 0.05) is 0 Å². The summed E-state index contributed by atoms with van der Waals surface area (Å²) in [5, 5.41) is 5.22. The van der Waals surface area contributed by atoms with Gasteiger partial charge in [0.05, 0.1) is 0 Å². The summed E-state index contributed by atoms with van der Waals surface area (Å²) in [6.07, 6.45) is 0. The topological polar surface area (TPSA) is 0 Å². The van der Waals surface area contributed by atoms with Crippen molar-refractivity contribution in [3.63, 3.8) is 0 Å². The second-order valence-corrected chi connectivity index (χ2v) is 7.52. The number of hydrogen-bond acceptors (Lipinski definition) is 0. The van der Waals surface area contributed by atoms with Crippen LogP contribution in [0.1, 0.15) is 26.3 Å². The third-order valence-electron chi connectivity index (χ3n) is 4.77. The molecule has 0 aliphatic rings. The number of hydrogen-bond donors (Lipinski definition) is 0. The van der Waals surface area contributed by atoms with Crippen molar-refractivity contribution in [1.29, 1.82) is 0 Å². The van der Waals surface area contributed by atoms with Gasteiger partial charge in [-0.2, -0.15) is 0 Å². The summed E-state index contributed by atoms with van der Waals surface area (Å²) in [6.45, 7) is 6.85. The Labute approximate surface area is 143 Å². The molecule has 0 fully saturated rings. The van der Waals surface area contributed by atoms with Crippen LogP contribution in [0.3, 0.4) is 0 Å². The van der Waals surface area contributed by atoms with E-state index in [9.17, 15) is 0 Å². The standard InChI is InChI=1S/C24H22/c1-24(2,3)23-14-7-6-12-21(23)20-13-8-11-19-15-17-9-4-5-10-18(17)16-22(19)20/h4-16H,1-3H3. The molecule has 0 heteroatoms. The molecule has 0 unspecified atom stereocenters. The highest BCUT2D eigenvalue weighted by atomic mass is 14.2. The summed E-state index contributed by atoms with van der Waals surface area (Å²) in [4.78, 5) is 0. The Kier molecular flexibility index (Phi) is 3.42. The van der Waals surface area contributed by atoms with Gasteiger partial charge in [0.15, 0.2) is 0 Å². The van der Waals surface area contributed by atoms with E-state index in [-0.39, 0.29) is 5.41 Å². The number of fused-ring (bicyclic) bond motifs is 2. The molecular formula is C24H22. The lowest BCUT2D eigenvalue weighted by molar-refractivity contribution is 0.592. The number of benzene rings is 4. The molecule has 0 N–H and O–H groups in total. The van der Waals surface area contributed by atoms with Gasteiger partial charge in [0.1, 0.15) is 0 Å². The molecule has 4 rings (SSSR count). The molecule has 0 aromatic heterocycles. The monoisotopic (exact) mass is 310 g/mol. The first-order valence-electron chi connectivity index (χ1n) is 8.55. The van der Waals surface area contributed by atoms with E-state index in [1.54, 1.807) is 0 Å². The minimum absolute atomic E-state index is 0.121. The predicted octanol–water partition coefficient (Wildman–Crippen LogP) is 6.96. The Bertz CT molecular complexity index is 1030. The highest BCUT2D eigenvalue weighted by Gasteiger charge is 2.19. The Balaban J connectivity index is 2.07. The first-order chi connectivity index (χ1) is 11.5. The molecule has 0 saturated heterocycles. The zero-order valence-corrected chi connectivity index (χ0v) is 14.5. The van der Waals surface area contributed by atoms with Gasteiger partial charge in [-0.05, 0) is 55.8 Å². The van der Waals surface area contributed by atoms with E-state index in [2.05, 4.69) is 99.6 Å². The van der Waals surface area contributed by atoms with E-state index in [1.165, 1.54) is 38.2 Å². The lowest BCUT2D eigenvalue weighted by Crippen LogP contribution is -2.12. The third-order valence-corrected chi connectivity index (χ3v) is 4.77. The number of rotatable bonds is 1. The smallest absolute Gasteiger partial charge is 0.00989 e. The van der Waals surface area contributed by atoms with E-state index in [0.717, 1.165) is 0 Å². The Hall–Kier alpha value is -2.60. The fourth-order valence-electron chi connectivity index (χ4n) is 3.57. The fourth-order valence-corrected chi connectivity index (χ4v) is 3.57. The van der Waals surface area contributed by atoms with Gasteiger partial charge in [-0.3, -0.25) is 0 Å². The highest BCUT2D eigenvalue weighted by Crippen LogP contribution is 2.37. The largest absolute Gasteiger partial charge is 0.0619 e. The Morgan fingerprint density at radius 2 is 1.12 bits per heavy atom. The van der Waals surface area contributed by atoms with Crippen LogP contribution in [0.25, 0.3) is 32.7 Å². The molecule has 0 saturated carbocycles. The minimum atomic E-state index is 0.121. The fraction of sp³-hybridized carbons (Fsp3) is 0.167. The maximum Gasteiger partial charge on any atom is -0.00989 e. The normalized spacial score (nSPS) is 12.0. The quantitative estimate of drug-likeness (QED) is 0.333. The molecule has 0 heterocycles. The van der Waals surface area contributed by atoms with Crippen molar-refractivity contribution in [1.82, 2.24) is 0 Å². The van der Waals surface area contributed by atoms with E-state index < -0.39 is 0 Å². The first-order valence-corrected chi connectivity index (χ1v) is 8.55. The maximum absolute atomic E-state index is 2.33. The minimum Gasteiger partial charge on any atom is -0.0619 e. The summed E-state index contributed by atoms with van der Waals surface area (Å²) < 4.78 is 0. The average molecular weight is 310 g/mol. The summed E-state index contributed by atoms with van der Waals surface area (Å²) in [5.74, 6) is 0. The van der Waals surface area contributed by atoms with Crippen molar-refractivity contribution in [3.8, 4) is 11.1 Å². The van der Waals surface area contributed by atoms with Gasteiger partial charge in [-0.15, -0.1) is 0 Å². The summed E-state index contributed by atoms with van der Waals surface area (Å²) in [7, 11) is 0. The molecule has 0 nitrogen and oxygen atoms in total. The van der Waals surface area contributed by atoms with Crippen LogP contribution in [0.5, 0.6) is 0 Å². The average Bonchev–Trinajstić information content (AvgIpc) is 2.58. The maximum atomic E-state index is 2.33. The van der Waals surface area contributed by atoms with Crippen molar-refractivity contribution < 1.29 is 0 Å². The van der Waals surface area contributed by atoms with Gasteiger partial charge < -0.3 is 0 Å². The zero-order valence-electron chi connectivity index (χ0n) is 14.5. The van der Waals surface area contributed by atoms with Crippen LogP contribution in [-0.2, 0) is 5.41 Å². The SMILES string of the molecule is CC(C)(C)c1ccccc1-c1cccc2cc3ccccc3cc12. The molecule has 0 spiro atoms. The van der Waals surface area contributed by atoms with E-state index in [0.29, 0.717) is 0 Å². The molecule has 0 atom stereocenters. The van der Waals surface area contributed by atoms with Crippen molar-refractivity contribution in [3.05, 3.63) is 84.4 Å². The molecule has 0 bridgehead atoms. The second kappa shape index (κ2) is 5.49.